The predicted molar refractivity (Wildman–Crippen MR) is 55.2 cm³/mol. The number of hydrogen-bond acceptors (Lipinski definition) is 2. The van der Waals surface area contributed by atoms with Gasteiger partial charge in [-0.3, -0.25) is 4.79 Å². The Kier molecular flexibility index (Phi) is 3.80. The van der Waals surface area contributed by atoms with Gasteiger partial charge in [-0.25, -0.2) is 4.39 Å². The lowest BCUT2D eigenvalue weighted by atomic mass is 10.0. The third kappa shape index (κ3) is 2.76. The lowest BCUT2D eigenvalue weighted by Crippen LogP contribution is -2.28. The average molecular weight is 211 g/mol. The van der Waals surface area contributed by atoms with Gasteiger partial charge in [0, 0.05) is 0 Å². The third-order valence-corrected chi connectivity index (χ3v) is 2.17. The first-order chi connectivity index (χ1) is 7.06. The van der Waals surface area contributed by atoms with Gasteiger partial charge in [0.25, 0.3) is 0 Å². The maximum atomic E-state index is 13.0. The van der Waals surface area contributed by atoms with Gasteiger partial charge in [-0.15, -0.1) is 0 Å². The number of carbonyl (C=O) groups is 1. The van der Waals surface area contributed by atoms with Gasteiger partial charge in [0.15, 0.2) is 0 Å². The second-order valence-electron chi connectivity index (χ2n) is 3.34. The van der Waals surface area contributed by atoms with Crippen LogP contribution in [0.4, 0.5) is 4.39 Å². The maximum absolute atomic E-state index is 13.0. The highest BCUT2D eigenvalue weighted by Gasteiger charge is 2.18. The molecule has 0 bridgehead atoms. The van der Waals surface area contributed by atoms with Gasteiger partial charge in [0.1, 0.15) is 11.9 Å². The highest BCUT2D eigenvalue weighted by atomic mass is 19.1. The largest absolute Gasteiger partial charge is 0.480 e. The number of aryl methyl sites for hydroxylation is 1. The van der Waals surface area contributed by atoms with E-state index in [1.165, 1.54) is 12.1 Å². The molecule has 0 aliphatic heterocycles. The Hall–Kier alpha value is -1.42. The normalized spacial score (nSPS) is 12.5. The Balaban J connectivity index is 3.01. The van der Waals surface area contributed by atoms with E-state index in [1.807, 2.05) is 6.92 Å². The van der Waals surface area contributed by atoms with Crippen LogP contribution in [0, 0.1) is 12.7 Å². The first-order valence-electron chi connectivity index (χ1n) is 4.78. The number of halogens is 1. The highest BCUT2D eigenvalue weighted by Crippen LogP contribution is 2.16. The van der Waals surface area contributed by atoms with Crippen molar-refractivity contribution in [3.8, 4) is 0 Å². The number of likely N-dealkylation sites (N-methyl/N-ethyl adjacent to an activating group) is 1. The Morgan fingerprint density at radius 3 is 2.73 bits per heavy atom. The summed E-state index contributed by atoms with van der Waals surface area (Å²) >= 11 is 0. The Morgan fingerprint density at radius 2 is 2.27 bits per heavy atom. The predicted octanol–water partition coefficient (Wildman–Crippen LogP) is 1.87. The summed E-state index contributed by atoms with van der Waals surface area (Å²) in [5.41, 5.74) is 1.03. The van der Waals surface area contributed by atoms with Crippen LogP contribution in [0.2, 0.25) is 0 Å². The van der Waals surface area contributed by atoms with Crippen LogP contribution in [0.3, 0.4) is 0 Å². The van der Waals surface area contributed by atoms with Gasteiger partial charge in [0.05, 0.1) is 0 Å². The highest BCUT2D eigenvalue weighted by molar-refractivity contribution is 5.75. The summed E-state index contributed by atoms with van der Waals surface area (Å²) in [6.45, 7) is 3.99. The van der Waals surface area contributed by atoms with Crippen LogP contribution in [0.25, 0.3) is 0 Å². The lowest BCUT2D eigenvalue weighted by Gasteiger charge is -2.14. The smallest absolute Gasteiger partial charge is 0.325 e. The molecule has 0 aliphatic rings. The zero-order chi connectivity index (χ0) is 11.4. The molecule has 3 nitrogen and oxygen atoms in total. The summed E-state index contributed by atoms with van der Waals surface area (Å²) in [6, 6.07) is 3.56. The van der Waals surface area contributed by atoms with Crippen molar-refractivity contribution in [2.75, 3.05) is 6.54 Å². The molecule has 0 fully saturated rings. The van der Waals surface area contributed by atoms with Crippen LogP contribution in [-0.4, -0.2) is 17.6 Å². The summed E-state index contributed by atoms with van der Waals surface area (Å²) in [6.07, 6.45) is 0. The van der Waals surface area contributed by atoms with Crippen LogP contribution in [-0.2, 0) is 4.79 Å². The molecule has 1 rings (SSSR count). The van der Waals surface area contributed by atoms with Crippen LogP contribution < -0.4 is 5.32 Å². The zero-order valence-electron chi connectivity index (χ0n) is 8.75. The van der Waals surface area contributed by atoms with Crippen molar-refractivity contribution < 1.29 is 14.3 Å². The van der Waals surface area contributed by atoms with Crippen LogP contribution >= 0.6 is 0 Å². The summed E-state index contributed by atoms with van der Waals surface area (Å²) in [7, 11) is 0. The zero-order valence-corrected chi connectivity index (χ0v) is 8.75. The van der Waals surface area contributed by atoms with Crippen molar-refractivity contribution in [3.05, 3.63) is 35.1 Å². The molecule has 2 N–H and O–H groups in total. The molecule has 0 saturated carbocycles. The minimum Gasteiger partial charge on any atom is -0.480 e. The molecule has 0 spiro atoms. The second kappa shape index (κ2) is 4.89. The Morgan fingerprint density at radius 1 is 1.60 bits per heavy atom. The first-order valence-corrected chi connectivity index (χ1v) is 4.78. The van der Waals surface area contributed by atoms with Gasteiger partial charge in [-0.05, 0) is 30.7 Å². The summed E-state index contributed by atoms with van der Waals surface area (Å²) in [5.74, 6) is -1.28. The van der Waals surface area contributed by atoms with Crippen molar-refractivity contribution in [2.45, 2.75) is 19.9 Å². The molecule has 0 heterocycles. The number of rotatable bonds is 4. The number of benzene rings is 1. The second-order valence-corrected chi connectivity index (χ2v) is 3.34. The van der Waals surface area contributed by atoms with Crippen molar-refractivity contribution >= 4 is 5.97 Å². The molecule has 82 valence electrons. The van der Waals surface area contributed by atoms with Crippen molar-refractivity contribution in [1.29, 1.82) is 0 Å². The molecule has 1 aromatic rings. The van der Waals surface area contributed by atoms with Crippen LogP contribution in [0.1, 0.15) is 24.1 Å². The van der Waals surface area contributed by atoms with E-state index in [2.05, 4.69) is 5.32 Å². The quantitative estimate of drug-likeness (QED) is 0.799. The summed E-state index contributed by atoms with van der Waals surface area (Å²) in [4.78, 5) is 10.9. The lowest BCUT2D eigenvalue weighted by molar-refractivity contribution is -0.139. The van der Waals surface area contributed by atoms with E-state index in [4.69, 9.17) is 5.11 Å². The number of nitrogens with one attached hydrogen (secondary N) is 1. The molecule has 15 heavy (non-hydrogen) atoms. The molecule has 0 aliphatic carbocycles. The monoisotopic (exact) mass is 211 g/mol. The van der Waals surface area contributed by atoms with Crippen molar-refractivity contribution in [2.24, 2.45) is 0 Å². The fourth-order valence-electron chi connectivity index (χ4n) is 1.40. The fourth-order valence-corrected chi connectivity index (χ4v) is 1.40. The molecular weight excluding hydrogens is 197 g/mol. The van der Waals surface area contributed by atoms with Crippen molar-refractivity contribution in [3.63, 3.8) is 0 Å². The first kappa shape index (κ1) is 11.7. The van der Waals surface area contributed by atoms with E-state index in [0.29, 0.717) is 17.7 Å². The van der Waals surface area contributed by atoms with Gasteiger partial charge in [-0.2, -0.15) is 0 Å². The standard InChI is InChI=1S/C11H14FNO2/c1-3-13-10(11(14)15)8-4-5-9(12)7(2)6-8/h4-6,10,13H,3H2,1-2H3,(H,14,15). The molecule has 1 aromatic carbocycles. The van der Waals surface area contributed by atoms with E-state index in [9.17, 15) is 9.18 Å². The molecular formula is C11H14FNO2. The number of carboxylic acid groups (broad SMARTS) is 1. The minimum absolute atomic E-state index is 0.320. The summed E-state index contributed by atoms with van der Waals surface area (Å²) < 4.78 is 13.0. The van der Waals surface area contributed by atoms with Gasteiger partial charge < -0.3 is 10.4 Å². The van der Waals surface area contributed by atoms with Crippen molar-refractivity contribution in [1.82, 2.24) is 5.32 Å². The molecule has 0 saturated heterocycles. The van der Waals surface area contributed by atoms with Gasteiger partial charge in [0.2, 0.25) is 0 Å². The molecule has 1 atom stereocenters. The molecule has 0 amide bonds. The average Bonchev–Trinajstić information content (AvgIpc) is 2.18. The van der Waals surface area contributed by atoms with E-state index < -0.39 is 12.0 Å². The number of aliphatic carboxylic acids is 1. The maximum Gasteiger partial charge on any atom is 0.325 e. The molecule has 0 radical (unpaired) electrons. The van der Waals surface area contributed by atoms with E-state index in [1.54, 1.807) is 13.0 Å². The van der Waals surface area contributed by atoms with Gasteiger partial charge >= 0.3 is 5.97 Å². The minimum atomic E-state index is -0.956. The van der Waals surface area contributed by atoms with Gasteiger partial charge in [-0.1, -0.05) is 19.1 Å². The molecule has 1 unspecified atom stereocenters. The Bertz CT molecular complexity index is 366. The van der Waals surface area contributed by atoms with E-state index in [-0.39, 0.29) is 5.82 Å². The topological polar surface area (TPSA) is 49.3 Å². The van der Waals surface area contributed by atoms with Crippen LogP contribution in [0.5, 0.6) is 0 Å². The fraction of sp³-hybridized carbons (Fsp3) is 0.364. The Labute approximate surface area is 87.9 Å². The molecule has 4 heteroatoms. The summed E-state index contributed by atoms with van der Waals surface area (Å²) in [5, 5.41) is 11.8. The SMILES string of the molecule is CCNC(C(=O)O)c1ccc(F)c(C)c1. The van der Waals surface area contributed by atoms with E-state index in [0.717, 1.165) is 0 Å². The number of carboxylic acids is 1. The third-order valence-electron chi connectivity index (χ3n) is 2.17. The van der Waals surface area contributed by atoms with E-state index >= 15 is 0 Å². The number of hydrogen-bond donors (Lipinski definition) is 2. The molecule has 0 aromatic heterocycles. The van der Waals surface area contributed by atoms with Crippen LogP contribution in [0.15, 0.2) is 18.2 Å².